The maximum Gasteiger partial charge on any atom is 0.194 e. The van der Waals surface area contributed by atoms with Gasteiger partial charge in [0.25, 0.3) is 0 Å². The third kappa shape index (κ3) is 3.53. The van der Waals surface area contributed by atoms with Gasteiger partial charge in [-0.25, -0.2) is 13.2 Å². The van der Waals surface area contributed by atoms with Gasteiger partial charge in [0.15, 0.2) is 17.5 Å². The molecule has 0 aliphatic carbocycles. The molecule has 1 rings (SSSR count). The quantitative estimate of drug-likeness (QED) is 0.753. The highest BCUT2D eigenvalue weighted by atomic mass is 19.2. The molecule has 1 aromatic rings. The van der Waals surface area contributed by atoms with Gasteiger partial charge in [0.2, 0.25) is 0 Å². The Hall–Kier alpha value is -1.07. The Kier molecular flexibility index (Phi) is 4.11. The maximum atomic E-state index is 12.7. The molecule has 0 fully saturated rings. The Bertz CT molecular complexity index is 318. The summed E-state index contributed by atoms with van der Waals surface area (Å²) in [5.74, 6) is -3.87. The lowest BCUT2D eigenvalue weighted by Gasteiger charge is -2.07. The molecule has 0 aliphatic heterocycles. The van der Waals surface area contributed by atoms with Crippen molar-refractivity contribution < 1.29 is 18.3 Å². The number of hydrogen-bond donors (Lipinski definition) is 2. The second-order valence-corrected chi connectivity index (χ2v) is 3.35. The van der Waals surface area contributed by atoms with Crippen molar-refractivity contribution in [2.24, 2.45) is 0 Å². The molecule has 0 aliphatic rings. The van der Waals surface area contributed by atoms with E-state index in [1.54, 1.807) is 6.92 Å². The number of halogens is 3. The van der Waals surface area contributed by atoms with E-state index in [0.717, 1.165) is 12.1 Å². The first-order valence-electron chi connectivity index (χ1n) is 4.53. The molecule has 5 heteroatoms. The van der Waals surface area contributed by atoms with Crippen molar-refractivity contribution in [2.45, 2.75) is 19.6 Å². The summed E-state index contributed by atoms with van der Waals surface area (Å²) in [7, 11) is 0. The van der Waals surface area contributed by atoms with Gasteiger partial charge in [-0.05, 0) is 24.6 Å². The van der Waals surface area contributed by atoms with Crippen LogP contribution in [-0.2, 0) is 6.54 Å². The molecule has 1 aromatic carbocycles. The van der Waals surface area contributed by atoms with Crippen LogP contribution < -0.4 is 5.32 Å². The zero-order chi connectivity index (χ0) is 11.4. The highest BCUT2D eigenvalue weighted by molar-refractivity contribution is 5.19. The molecule has 0 bridgehead atoms. The Labute approximate surface area is 85.7 Å². The van der Waals surface area contributed by atoms with E-state index in [2.05, 4.69) is 5.32 Å². The summed E-state index contributed by atoms with van der Waals surface area (Å²) in [6.07, 6.45) is -0.542. The summed E-state index contributed by atoms with van der Waals surface area (Å²) in [6.45, 7) is 2.07. The van der Waals surface area contributed by atoms with Crippen LogP contribution in [0.4, 0.5) is 13.2 Å². The Balaban J connectivity index is 2.63. The van der Waals surface area contributed by atoms with Crippen LogP contribution in [0.25, 0.3) is 0 Å². The fourth-order valence-electron chi connectivity index (χ4n) is 1.14. The van der Waals surface area contributed by atoms with Crippen LogP contribution in [0.3, 0.4) is 0 Å². The Morgan fingerprint density at radius 1 is 1.27 bits per heavy atom. The number of hydrogen-bond acceptors (Lipinski definition) is 2. The average molecular weight is 219 g/mol. The van der Waals surface area contributed by atoms with Crippen molar-refractivity contribution in [2.75, 3.05) is 6.54 Å². The molecule has 2 N–H and O–H groups in total. The van der Waals surface area contributed by atoms with Crippen LogP contribution in [0.15, 0.2) is 12.1 Å². The van der Waals surface area contributed by atoms with Gasteiger partial charge in [-0.1, -0.05) is 0 Å². The van der Waals surface area contributed by atoms with Gasteiger partial charge >= 0.3 is 0 Å². The van der Waals surface area contributed by atoms with Crippen LogP contribution in [0.5, 0.6) is 0 Å². The second-order valence-electron chi connectivity index (χ2n) is 3.35. The predicted octanol–water partition coefficient (Wildman–Crippen LogP) is 1.57. The molecule has 0 spiro atoms. The average Bonchev–Trinajstić information content (AvgIpc) is 2.13. The molecule has 1 atom stereocenters. The van der Waals surface area contributed by atoms with E-state index in [1.807, 2.05) is 0 Å². The van der Waals surface area contributed by atoms with E-state index >= 15 is 0 Å². The fraction of sp³-hybridized carbons (Fsp3) is 0.400. The topological polar surface area (TPSA) is 32.3 Å². The summed E-state index contributed by atoms with van der Waals surface area (Å²) in [6, 6.07) is 1.85. The molecule has 15 heavy (non-hydrogen) atoms. The van der Waals surface area contributed by atoms with Gasteiger partial charge in [-0.2, -0.15) is 0 Å². The zero-order valence-electron chi connectivity index (χ0n) is 8.23. The third-order valence-electron chi connectivity index (χ3n) is 1.81. The van der Waals surface area contributed by atoms with Crippen LogP contribution >= 0.6 is 0 Å². The lowest BCUT2D eigenvalue weighted by molar-refractivity contribution is 0.191. The SMILES string of the molecule is C[C@H](O)CNCc1cc(F)c(F)c(F)c1. The summed E-state index contributed by atoms with van der Waals surface area (Å²) in [4.78, 5) is 0. The minimum atomic E-state index is -1.46. The van der Waals surface area contributed by atoms with Crippen molar-refractivity contribution in [3.05, 3.63) is 35.1 Å². The van der Waals surface area contributed by atoms with Crippen LogP contribution in [-0.4, -0.2) is 17.8 Å². The molecule has 0 aromatic heterocycles. The van der Waals surface area contributed by atoms with E-state index in [0.29, 0.717) is 12.1 Å². The largest absolute Gasteiger partial charge is 0.392 e. The normalized spacial score (nSPS) is 12.9. The van der Waals surface area contributed by atoms with Crippen molar-refractivity contribution in [1.29, 1.82) is 0 Å². The first-order chi connectivity index (χ1) is 7.00. The summed E-state index contributed by atoms with van der Waals surface area (Å²) in [5, 5.41) is 11.7. The Morgan fingerprint density at radius 2 is 1.80 bits per heavy atom. The zero-order valence-corrected chi connectivity index (χ0v) is 8.23. The monoisotopic (exact) mass is 219 g/mol. The fourth-order valence-corrected chi connectivity index (χ4v) is 1.14. The van der Waals surface area contributed by atoms with Crippen molar-refractivity contribution in [3.8, 4) is 0 Å². The molecule has 0 amide bonds. The summed E-state index contributed by atoms with van der Waals surface area (Å²) < 4.78 is 38.0. The van der Waals surface area contributed by atoms with Crippen molar-refractivity contribution >= 4 is 0 Å². The minimum absolute atomic E-state index is 0.180. The minimum Gasteiger partial charge on any atom is -0.392 e. The number of rotatable bonds is 4. The molecule has 0 saturated carbocycles. The molecule has 2 nitrogen and oxygen atoms in total. The summed E-state index contributed by atoms with van der Waals surface area (Å²) in [5.41, 5.74) is 0.298. The first kappa shape index (κ1) is 12.0. The molecule has 0 unspecified atom stereocenters. The van der Waals surface area contributed by atoms with Gasteiger partial charge in [0, 0.05) is 13.1 Å². The summed E-state index contributed by atoms with van der Waals surface area (Å²) >= 11 is 0. The van der Waals surface area contributed by atoms with Crippen LogP contribution in [0.1, 0.15) is 12.5 Å². The van der Waals surface area contributed by atoms with Crippen LogP contribution in [0.2, 0.25) is 0 Å². The van der Waals surface area contributed by atoms with E-state index in [-0.39, 0.29) is 6.54 Å². The van der Waals surface area contributed by atoms with E-state index < -0.39 is 23.6 Å². The van der Waals surface area contributed by atoms with Crippen molar-refractivity contribution in [1.82, 2.24) is 5.32 Å². The highest BCUT2D eigenvalue weighted by Gasteiger charge is 2.10. The van der Waals surface area contributed by atoms with Gasteiger partial charge in [-0.15, -0.1) is 0 Å². The van der Waals surface area contributed by atoms with E-state index in [4.69, 9.17) is 5.11 Å². The number of aliphatic hydroxyl groups excluding tert-OH is 1. The highest BCUT2D eigenvalue weighted by Crippen LogP contribution is 2.13. The molecule has 84 valence electrons. The van der Waals surface area contributed by atoms with Gasteiger partial charge in [0.1, 0.15) is 0 Å². The van der Waals surface area contributed by atoms with Crippen molar-refractivity contribution in [3.63, 3.8) is 0 Å². The van der Waals surface area contributed by atoms with E-state index in [9.17, 15) is 13.2 Å². The molecular formula is C10H12F3NO. The Morgan fingerprint density at radius 3 is 2.27 bits per heavy atom. The number of aliphatic hydroxyl groups is 1. The molecular weight excluding hydrogens is 207 g/mol. The molecule has 0 saturated heterocycles. The number of benzene rings is 1. The number of nitrogens with one attached hydrogen (secondary N) is 1. The smallest absolute Gasteiger partial charge is 0.194 e. The third-order valence-corrected chi connectivity index (χ3v) is 1.81. The lowest BCUT2D eigenvalue weighted by Crippen LogP contribution is -2.24. The van der Waals surface area contributed by atoms with E-state index in [1.165, 1.54) is 0 Å². The standard InChI is InChI=1S/C10H12F3NO/c1-6(15)4-14-5-7-2-8(11)10(13)9(12)3-7/h2-3,6,14-15H,4-5H2,1H3/t6-/m0/s1. The van der Waals surface area contributed by atoms with Crippen LogP contribution in [0, 0.1) is 17.5 Å². The first-order valence-corrected chi connectivity index (χ1v) is 4.53. The lowest BCUT2D eigenvalue weighted by atomic mass is 10.2. The molecule has 0 radical (unpaired) electrons. The van der Waals surface area contributed by atoms with Gasteiger partial charge < -0.3 is 10.4 Å². The second kappa shape index (κ2) is 5.14. The predicted molar refractivity (Wildman–Crippen MR) is 49.7 cm³/mol. The van der Waals surface area contributed by atoms with Gasteiger partial charge in [0.05, 0.1) is 6.10 Å². The maximum absolute atomic E-state index is 12.7. The molecule has 0 heterocycles. The van der Waals surface area contributed by atoms with Gasteiger partial charge in [-0.3, -0.25) is 0 Å².